The summed E-state index contributed by atoms with van der Waals surface area (Å²) in [5.74, 6) is 0.578. The van der Waals surface area contributed by atoms with Gasteiger partial charge in [0.25, 0.3) is 5.91 Å². The molecular weight excluding hydrogens is 284 g/mol. The third kappa shape index (κ3) is 4.45. The van der Waals surface area contributed by atoms with Crippen molar-refractivity contribution in [3.63, 3.8) is 0 Å². The molecule has 1 aromatic rings. The molecule has 1 fully saturated rings. The smallest absolute Gasteiger partial charge is 0.254 e. The average Bonchev–Trinajstić information content (AvgIpc) is 2.89. The number of benzene rings is 1. The zero-order valence-electron chi connectivity index (χ0n) is 13.2. The van der Waals surface area contributed by atoms with Crippen LogP contribution in [0.4, 0.5) is 0 Å². The van der Waals surface area contributed by atoms with Crippen molar-refractivity contribution in [1.29, 1.82) is 0 Å². The summed E-state index contributed by atoms with van der Waals surface area (Å²) in [5, 5.41) is 4.15. The third-order valence-electron chi connectivity index (χ3n) is 3.89. The Kier molecular flexibility index (Phi) is 5.65. The van der Waals surface area contributed by atoms with Gasteiger partial charge in [-0.15, -0.1) is 0 Å². The standard InChI is InChI=1S/C17H25ClN2O/c1-12(2)10-20(11-15-5-4-8-19-15)17(21)16-7-6-14(18)9-13(16)3/h6-7,9,12,15,19H,4-5,8,10-11H2,1-3H3. The molecule has 4 heteroatoms. The van der Waals surface area contributed by atoms with Gasteiger partial charge >= 0.3 is 0 Å². The Morgan fingerprint density at radius 1 is 1.48 bits per heavy atom. The molecular formula is C17H25ClN2O. The minimum atomic E-state index is 0.117. The van der Waals surface area contributed by atoms with Crippen LogP contribution in [0.2, 0.25) is 5.02 Å². The molecule has 116 valence electrons. The molecule has 0 bridgehead atoms. The second-order valence-electron chi connectivity index (χ2n) is 6.36. The predicted molar refractivity (Wildman–Crippen MR) is 88.0 cm³/mol. The fourth-order valence-electron chi connectivity index (χ4n) is 2.90. The molecule has 1 N–H and O–H groups in total. The Bertz CT molecular complexity index is 496. The van der Waals surface area contributed by atoms with E-state index in [1.54, 1.807) is 6.07 Å². The Balaban J connectivity index is 2.15. The summed E-state index contributed by atoms with van der Waals surface area (Å²) in [6, 6.07) is 5.93. The van der Waals surface area contributed by atoms with E-state index in [1.807, 2.05) is 24.0 Å². The van der Waals surface area contributed by atoms with E-state index < -0.39 is 0 Å². The van der Waals surface area contributed by atoms with Crippen molar-refractivity contribution in [2.75, 3.05) is 19.6 Å². The van der Waals surface area contributed by atoms with Gasteiger partial charge in [-0.05, 0) is 56.0 Å². The highest BCUT2D eigenvalue weighted by Crippen LogP contribution is 2.18. The number of carbonyl (C=O) groups excluding carboxylic acids is 1. The monoisotopic (exact) mass is 308 g/mol. The molecule has 1 saturated heterocycles. The lowest BCUT2D eigenvalue weighted by Gasteiger charge is -2.28. The summed E-state index contributed by atoms with van der Waals surface area (Å²) in [7, 11) is 0. The van der Waals surface area contributed by atoms with E-state index in [0.29, 0.717) is 17.0 Å². The topological polar surface area (TPSA) is 32.3 Å². The Morgan fingerprint density at radius 3 is 2.81 bits per heavy atom. The second kappa shape index (κ2) is 7.28. The first-order chi connectivity index (χ1) is 9.97. The fraction of sp³-hybridized carbons (Fsp3) is 0.588. The number of rotatable bonds is 5. The SMILES string of the molecule is Cc1cc(Cl)ccc1C(=O)N(CC(C)C)CC1CCCN1. The van der Waals surface area contributed by atoms with E-state index in [4.69, 9.17) is 11.6 Å². The summed E-state index contributed by atoms with van der Waals surface area (Å²) in [5.41, 5.74) is 1.71. The van der Waals surface area contributed by atoms with Gasteiger partial charge in [-0.2, -0.15) is 0 Å². The third-order valence-corrected chi connectivity index (χ3v) is 4.13. The molecule has 1 amide bonds. The highest BCUT2D eigenvalue weighted by atomic mass is 35.5. The first-order valence-corrected chi connectivity index (χ1v) is 8.14. The van der Waals surface area contributed by atoms with Crippen molar-refractivity contribution >= 4 is 17.5 Å². The molecule has 1 heterocycles. The van der Waals surface area contributed by atoms with Gasteiger partial charge in [-0.1, -0.05) is 25.4 Å². The van der Waals surface area contributed by atoms with Crippen LogP contribution in [0.5, 0.6) is 0 Å². The zero-order valence-corrected chi connectivity index (χ0v) is 13.9. The molecule has 1 aromatic carbocycles. The fourth-order valence-corrected chi connectivity index (χ4v) is 3.12. The van der Waals surface area contributed by atoms with E-state index in [1.165, 1.54) is 6.42 Å². The van der Waals surface area contributed by atoms with Gasteiger partial charge in [0.15, 0.2) is 0 Å². The first-order valence-electron chi connectivity index (χ1n) is 7.76. The van der Waals surface area contributed by atoms with E-state index in [0.717, 1.165) is 37.2 Å². The molecule has 0 radical (unpaired) electrons. The van der Waals surface area contributed by atoms with Crippen molar-refractivity contribution < 1.29 is 4.79 Å². The van der Waals surface area contributed by atoms with Crippen LogP contribution in [0.1, 0.15) is 42.6 Å². The summed E-state index contributed by atoms with van der Waals surface area (Å²) >= 11 is 5.99. The van der Waals surface area contributed by atoms with Crippen LogP contribution in [-0.4, -0.2) is 36.5 Å². The van der Waals surface area contributed by atoms with Gasteiger partial charge in [-0.25, -0.2) is 0 Å². The highest BCUT2D eigenvalue weighted by Gasteiger charge is 2.23. The summed E-state index contributed by atoms with van der Waals surface area (Å²) in [6.45, 7) is 8.89. The van der Waals surface area contributed by atoms with Crippen LogP contribution in [-0.2, 0) is 0 Å². The molecule has 1 aliphatic rings. The number of nitrogens with one attached hydrogen (secondary N) is 1. The van der Waals surface area contributed by atoms with Crippen LogP contribution in [0.15, 0.2) is 18.2 Å². The number of hydrogen-bond acceptors (Lipinski definition) is 2. The molecule has 1 unspecified atom stereocenters. The molecule has 1 aliphatic heterocycles. The quantitative estimate of drug-likeness (QED) is 0.903. The van der Waals surface area contributed by atoms with Crippen molar-refractivity contribution in [2.45, 2.75) is 39.7 Å². The largest absolute Gasteiger partial charge is 0.337 e. The van der Waals surface area contributed by atoms with Gasteiger partial charge in [0.05, 0.1) is 0 Å². The number of carbonyl (C=O) groups is 1. The minimum Gasteiger partial charge on any atom is -0.337 e. The van der Waals surface area contributed by atoms with Gasteiger partial charge in [-0.3, -0.25) is 4.79 Å². The minimum absolute atomic E-state index is 0.117. The summed E-state index contributed by atoms with van der Waals surface area (Å²) < 4.78 is 0. The van der Waals surface area contributed by atoms with Crippen molar-refractivity contribution in [3.05, 3.63) is 34.3 Å². The molecule has 0 aromatic heterocycles. The van der Waals surface area contributed by atoms with E-state index in [9.17, 15) is 4.79 Å². The predicted octanol–water partition coefficient (Wildman–Crippen LogP) is 3.50. The highest BCUT2D eigenvalue weighted by molar-refractivity contribution is 6.30. The molecule has 0 saturated carbocycles. The molecule has 0 aliphatic carbocycles. The Labute approximate surface area is 132 Å². The lowest BCUT2D eigenvalue weighted by molar-refractivity contribution is 0.0720. The number of nitrogens with zero attached hydrogens (tertiary/aromatic N) is 1. The van der Waals surface area contributed by atoms with Crippen molar-refractivity contribution in [3.8, 4) is 0 Å². The average molecular weight is 309 g/mol. The lowest BCUT2D eigenvalue weighted by atomic mass is 10.1. The lowest BCUT2D eigenvalue weighted by Crippen LogP contribution is -2.43. The summed E-state index contributed by atoms with van der Waals surface area (Å²) in [6.07, 6.45) is 2.36. The maximum atomic E-state index is 12.9. The molecule has 0 spiro atoms. The normalized spacial score (nSPS) is 18.2. The molecule has 3 nitrogen and oxygen atoms in total. The van der Waals surface area contributed by atoms with Gasteiger partial charge in [0.2, 0.25) is 0 Å². The maximum absolute atomic E-state index is 12.9. The number of aryl methyl sites for hydroxylation is 1. The van der Waals surface area contributed by atoms with E-state index in [2.05, 4.69) is 19.2 Å². The van der Waals surface area contributed by atoms with Gasteiger partial charge in [0.1, 0.15) is 0 Å². The maximum Gasteiger partial charge on any atom is 0.254 e. The summed E-state index contributed by atoms with van der Waals surface area (Å²) in [4.78, 5) is 14.8. The zero-order chi connectivity index (χ0) is 15.4. The second-order valence-corrected chi connectivity index (χ2v) is 6.79. The van der Waals surface area contributed by atoms with Crippen LogP contribution < -0.4 is 5.32 Å². The van der Waals surface area contributed by atoms with E-state index in [-0.39, 0.29) is 5.91 Å². The number of amides is 1. The Morgan fingerprint density at radius 2 is 2.24 bits per heavy atom. The number of hydrogen-bond donors (Lipinski definition) is 1. The van der Waals surface area contributed by atoms with Crippen LogP contribution in [0, 0.1) is 12.8 Å². The van der Waals surface area contributed by atoms with E-state index >= 15 is 0 Å². The molecule has 2 rings (SSSR count). The van der Waals surface area contributed by atoms with Crippen LogP contribution in [0.3, 0.4) is 0 Å². The van der Waals surface area contributed by atoms with Crippen LogP contribution in [0.25, 0.3) is 0 Å². The first kappa shape index (κ1) is 16.3. The van der Waals surface area contributed by atoms with Crippen LogP contribution >= 0.6 is 11.6 Å². The molecule has 1 atom stereocenters. The number of halogens is 1. The Hall–Kier alpha value is -1.06. The van der Waals surface area contributed by atoms with Crippen molar-refractivity contribution in [1.82, 2.24) is 10.2 Å². The molecule has 21 heavy (non-hydrogen) atoms. The van der Waals surface area contributed by atoms with Gasteiger partial charge in [0, 0.05) is 29.7 Å². The van der Waals surface area contributed by atoms with Gasteiger partial charge < -0.3 is 10.2 Å². The van der Waals surface area contributed by atoms with Crippen molar-refractivity contribution in [2.24, 2.45) is 5.92 Å².